The molecule has 0 bridgehead atoms. The minimum absolute atomic E-state index is 0.0494. The van der Waals surface area contributed by atoms with E-state index in [-0.39, 0.29) is 12.6 Å². The standard InChI is InChI=1S/C9H16FNO2/c1-2-8(9(12)13)11-4-3-7(5-10)6-11/h7-8H,2-6H2,1H3,(H,12,13)/t7-,8-/m1/s1. The number of alkyl halides is 1. The van der Waals surface area contributed by atoms with Crippen molar-refractivity contribution in [2.75, 3.05) is 19.8 Å². The van der Waals surface area contributed by atoms with Gasteiger partial charge in [0.05, 0.1) is 6.67 Å². The van der Waals surface area contributed by atoms with Crippen molar-refractivity contribution in [1.29, 1.82) is 0 Å². The number of carbonyl (C=O) groups is 1. The van der Waals surface area contributed by atoms with Crippen LogP contribution in [0.2, 0.25) is 0 Å². The molecule has 0 aromatic heterocycles. The molecule has 0 unspecified atom stereocenters. The fourth-order valence-electron chi connectivity index (χ4n) is 1.86. The van der Waals surface area contributed by atoms with Crippen LogP contribution in [0.5, 0.6) is 0 Å². The third-order valence-corrected chi connectivity index (χ3v) is 2.65. The SMILES string of the molecule is CC[C@H](C(=O)O)N1CC[C@H](CF)C1. The highest BCUT2D eigenvalue weighted by molar-refractivity contribution is 5.73. The fraction of sp³-hybridized carbons (Fsp3) is 0.889. The maximum Gasteiger partial charge on any atom is 0.320 e. The Morgan fingerprint density at radius 3 is 2.85 bits per heavy atom. The van der Waals surface area contributed by atoms with Gasteiger partial charge in [-0.25, -0.2) is 0 Å². The van der Waals surface area contributed by atoms with Crippen LogP contribution in [-0.2, 0) is 4.79 Å². The largest absolute Gasteiger partial charge is 0.480 e. The number of rotatable bonds is 4. The predicted molar refractivity (Wildman–Crippen MR) is 47.4 cm³/mol. The second kappa shape index (κ2) is 4.56. The van der Waals surface area contributed by atoms with Crippen molar-refractivity contribution < 1.29 is 14.3 Å². The van der Waals surface area contributed by atoms with Crippen molar-refractivity contribution in [3.63, 3.8) is 0 Å². The molecular weight excluding hydrogens is 173 g/mol. The monoisotopic (exact) mass is 189 g/mol. The predicted octanol–water partition coefficient (Wildman–Crippen LogP) is 1.14. The summed E-state index contributed by atoms with van der Waals surface area (Å²) in [5, 5.41) is 8.86. The molecule has 0 aromatic carbocycles. The van der Waals surface area contributed by atoms with Gasteiger partial charge in [-0.2, -0.15) is 0 Å². The summed E-state index contributed by atoms with van der Waals surface area (Å²) in [6.45, 7) is 2.84. The zero-order chi connectivity index (χ0) is 9.84. The molecule has 4 heteroatoms. The Morgan fingerprint density at radius 2 is 2.46 bits per heavy atom. The van der Waals surface area contributed by atoms with Crippen molar-refractivity contribution in [3.05, 3.63) is 0 Å². The molecule has 1 heterocycles. The third kappa shape index (κ3) is 2.40. The number of aliphatic carboxylic acids is 1. The molecule has 1 saturated heterocycles. The van der Waals surface area contributed by atoms with Crippen LogP contribution in [0.1, 0.15) is 19.8 Å². The topological polar surface area (TPSA) is 40.5 Å². The van der Waals surface area contributed by atoms with E-state index in [4.69, 9.17) is 5.11 Å². The molecule has 3 nitrogen and oxygen atoms in total. The van der Waals surface area contributed by atoms with Crippen LogP contribution in [0, 0.1) is 5.92 Å². The maximum absolute atomic E-state index is 12.3. The van der Waals surface area contributed by atoms with Crippen molar-refractivity contribution in [2.24, 2.45) is 5.92 Å². The Labute approximate surface area is 77.5 Å². The van der Waals surface area contributed by atoms with E-state index < -0.39 is 12.0 Å². The second-order valence-corrected chi connectivity index (χ2v) is 3.57. The first kappa shape index (κ1) is 10.4. The van der Waals surface area contributed by atoms with Gasteiger partial charge in [-0.15, -0.1) is 0 Å². The van der Waals surface area contributed by atoms with Gasteiger partial charge in [0.1, 0.15) is 6.04 Å². The fourth-order valence-corrected chi connectivity index (χ4v) is 1.86. The van der Waals surface area contributed by atoms with Crippen LogP contribution in [0.15, 0.2) is 0 Å². The van der Waals surface area contributed by atoms with Crippen molar-refractivity contribution in [3.8, 4) is 0 Å². The third-order valence-electron chi connectivity index (χ3n) is 2.65. The minimum Gasteiger partial charge on any atom is -0.480 e. The van der Waals surface area contributed by atoms with Crippen LogP contribution in [0.4, 0.5) is 4.39 Å². The Kier molecular flexibility index (Phi) is 3.66. The summed E-state index contributed by atoms with van der Waals surface area (Å²) < 4.78 is 12.3. The van der Waals surface area contributed by atoms with E-state index in [1.807, 2.05) is 11.8 Å². The number of halogens is 1. The summed E-state index contributed by atoms with van der Waals surface area (Å²) >= 11 is 0. The van der Waals surface area contributed by atoms with E-state index >= 15 is 0 Å². The summed E-state index contributed by atoms with van der Waals surface area (Å²) in [5.41, 5.74) is 0. The summed E-state index contributed by atoms with van der Waals surface area (Å²) in [4.78, 5) is 12.6. The molecule has 0 saturated carbocycles. The number of likely N-dealkylation sites (tertiary alicyclic amines) is 1. The lowest BCUT2D eigenvalue weighted by atomic mass is 10.1. The van der Waals surface area contributed by atoms with Crippen molar-refractivity contribution in [1.82, 2.24) is 4.90 Å². The van der Waals surface area contributed by atoms with Gasteiger partial charge < -0.3 is 5.11 Å². The second-order valence-electron chi connectivity index (χ2n) is 3.57. The molecular formula is C9H16FNO2. The van der Waals surface area contributed by atoms with Gasteiger partial charge in [0, 0.05) is 12.5 Å². The van der Waals surface area contributed by atoms with Crippen LogP contribution in [-0.4, -0.2) is 41.8 Å². The molecule has 13 heavy (non-hydrogen) atoms. The van der Waals surface area contributed by atoms with E-state index in [1.54, 1.807) is 0 Å². The summed E-state index contributed by atoms with van der Waals surface area (Å²) in [6, 6.07) is -0.420. The lowest BCUT2D eigenvalue weighted by molar-refractivity contribution is -0.143. The Hall–Kier alpha value is -0.640. The number of carboxylic acids is 1. The molecule has 0 aromatic rings. The molecule has 76 valence electrons. The normalized spacial score (nSPS) is 26.2. The Balaban J connectivity index is 2.48. The average Bonchev–Trinajstić information content (AvgIpc) is 2.53. The molecule has 1 rings (SSSR count). The molecule has 1 fully saturated rings. The molecule has 1 aliphatic heterocycles. The van der Waals surface area contributed by atoms with Crippen LogP contribution < -0.4 is 0 Å². The highest BCUT2D eigenvalue weighted by Gasteiger charge is 2.30. The lowest BCUT2D eigenvalue weighted by Crippen LogP contribution is -2.39. The maximum atomic E-state index is 12.3. The average molecular weight is 189 g/mol. The van der Waals surface area contributed by atoms with E-state index in [9.17, 15) is 9.18 Å². The molecule has 0 aliphatic carbocycles. The zero-order valence-electron chi connectivity index (χ0n) is 7.87. The minimum atomic E-state index is -0.790. The van der Waals surface area contributed by atoms with Crippen molar-refractivity contribution >= 4 is 5.97 Å². The van der Waals surface area contributed by atoms with Gasteiger partial charge in [0.25, 0.3) is 0 Å². The van der Waals surface area contributed by atoms with E-state index in [0.29, 0.717) is 13.0 Å². The van der Waals surface area contributed by atoms with E-state index in [1.165, 1.54) is 0 Å². The molecule has 1 N–H and O–H groups in total. The number of carboxylic acid groups (broad SMARTS) is 1. The van der Waals surface area contributed by atoms with Crippen LogP contribution in [0.25, 0.3) is 0 Å². The molecule has 0 amide bonds. The van der Waals surface area contributed by atoms with Crippen LogP contribution >= 0.6 is 0 Å². The highest BCUT2D eigenvalue weighted by atomic mass is 19.1. The zero-order valence-corrected chi connectivity index (χ0v) is 7.87. The van der Waals surface area contributed by atoms with Crippen LogP contribution in [0.3, 0.4) is 0 Å². The van der Waals surface area contributed by atoms with Gasteiger partial charge in [-0.3, -0.25) is 14.1 Å². The molecule has 1 aliphatic rings. The Morgan fingerprint density at radius 1 is 1.77 bits per heavy atom. The van der Waals surface area contributed by atoms with Gasteiger partial charge in [-0.1, -0.05) is 6.92 Å². The van der Waals surface area contributed by atoms with Gasteiger partial charge in [0.2, 0.25) is 0 Å². The molecule has 0 spiro atoms. The Bertz CT molecular complexity index is 186. The molecule has 2 atom stereocenters. The van der Waals surface area contributed by atoms with E-state index in [0.717, 1.165) is 13.0 Å². The quantitative estimate of drug-likeness (QED) is 0.721. The summed E-state index contributed by atoms with van der Waals surface area (Å²) in [6.07, 6.45) is 1.38. The van der Waals surface area contributed by atoms with Gasteiger partial charge in [0.15, 0.2) is 0 Å². The van der Waals surface area contributed by atoms with Gasteiger partial charge in [-0.05, 0) is 19.4 Å². The van der Waals surface area contributed by atoms with Crippen molar-refractivity contribution in [2.45, 2.75) is 25.8 Å². The first-order valence-electron chi connectivity index (χ1n) is 4.71. The van der Waals surface area contributed by atoms with E-state index in [2.05, 4.69) is 0 Å². The first-order valence-corrected chi connectivity index (χ1v) is 4.71. The number of hydrogen-bond donors (Lipinski definition) is 1. The summed E-state index contributed by atoms with van der Waals surface area (Å²) in [7, 11) is 0. The highest BCUT2D eigenvalue weighted by Crippen LogP contribution is 2.20. The smallest absolute Gasteiger partial charge is 0.320 e. The van der Waals surface area contributed by atoms with Gasteiger partial charge >= 0.3 is 5.97 Å². The molecule has 0 radical (unpaired) electrons. The number of hydrogen-bond acceptors (Lipinski definition) is 2. The summed E-state index contributed by atoms with van der Waals surface area (Å²) in [5.74, 6) is -0.740. The number of nitrogens with zero attached hydrogens (tertiary/aromatic N) is 1. The first-order chi connectivity index (χ1) is 6.19. The lowest BCUT2D eigenvalue weighted by Gasteiger charge is -2.22.